The summed E-state index contributed by atoms with van der Waals surface area (Å²) in [7, 11) is 3.41. The van der Waals surface area contributed by atoms with Crippen LogP contribution in [0.5, 0.6) is 0 Å². The van der Waals surface area contributed by atoms with E-state index in [0.717, 1.165) is 5.69 Å². The number of hydrogen-bond acceptors (Lipinski definition) is 6. The number of hydrogen-bond donors (Lipinski definition) is 1. The van der Waals surface area contributed by atoms with Crippen LogP contribution in [-0.2, 0) is 11.3 Å². The molecule has 0 aliphatic carbocycles. The molecule has 7 heteroatoms. The number of rotatable bonds is 6. The van der Waals surface area contributed by atoms with E-state index in [1.54, 1.807) is 18.7 Å². The van der Waals surface area contributed by atoms with Crippen molar-refractivity contribution in [2.75, 3.05) is 26.1 Å². The molecule has 21 heavy (non-hydrogen) atoms. The highest BCUT2D eigenvalue weighted by molar-refractivity contribution is 7.18. The minimum atomic E-state index is -0.0444. The van der Waals surface area contributed by atoms with Crippen LogP contribution < -0.4 is 10.9 Å². The van der Waals surface area contributed by atoms with Gasteiger partial charge in [-0.3, -0.25) is 4.79 Å². The highest BCUT2D eigenvalue weighted by atomic mass is 32.1. The van der Waals surface area contributed by atoms with Crippen LogP contribution in [0.2, 0.25) is 0 Å². The third-order valence-electron chi connectivity index (χ3n) is 3.19. The SMILES string of the molecule is CNc1nnc(-c2ccc(C(C)C)n(CCOC)c2=O)s1. The second-order valence-electron chi connectivity index (χ2n) is 4.94. The molecule has 0 amide bonds. The topological polar surface area (TPSA) is 69.0 Å². The molecule has 1 N–H and O–H groups in total. The maximum absolute atomic E-state index is 12.7. The maximum atomic E-state index is 12.7. The molecule has 0 saturated heterocycles. The van der Waals surface area contributed by atoms with Crippen molar-refractivity contribution in [1.82, 2.24) is 14.8 Å². The fourth-order valence-electron chi connectivity index (χ4n) is 2.11. The molecule has 0 aromatic carbocycles. The lowest BCUT2D eigenvalue weighted by atomic mass is 10.1. The van der Waals surface area contributed by atoms with Crippen LogP contribution in [0.4, 0.5) is 5.13 Å². The van der Waals surface area contributed by atoms with Gasteiger partial charge in [-0.1, -0.05) is 25.2 Å². The molecular weight excluding hydrogens is 288 g/mol. The molecule has 0 atom stereocenters. The molecule has 2 rings (SSSR count). The van der Waals surface area contributed by atoms with Gasteiger partial charge in [-0.05, 0) is 18.1 Å². The van der Waals surface area contributed by atoms with Gasteiger partial charge in [-0.25, -0.2) is 0 Å². The zero-order valence-corrected chi connectivity index (χ0v) is 13.5. The zero-order valence-electron chi connectivity index (χ0n) is 12.7. The largest absolute Gasteiger partial charge is 0.383 e. The molecule has 0 aliphatic heterocycles. The minimum absolute atomic E-state index is 0.0444. The summed E-state index contributed by atoms with van der Waals surface area (Å²) < 4.78 is 6.88. The van der Waals surface area contributed by atoms with Crippen molar-refractivity contribution < 1.29 is 4.74 Å². The summed E-state index contributed by atoms with van der Waals surface area (Å²) in [5, 5.41) is 12.3. The van der Waals surface area contributed by atoms with Gasteiger partial charge in [0, 0.05) is 26.4 Å². The number of anilines is 1. The van der Waals surface area contributed by atoms with Gasteiger partial charge in [-0.2, -0.15) is 0 Å². The van der Waals surface area contributed by atoms with E-state index in [9.17, 15) is 4.79 Å². The van der Waals surface area contributed by atoms with E-state index in [-0.39, 0.29) is 11.5 Å². The Morgan fingerprint density at radius 1 is 1.38 bits per heavy atom. The molecule has 0 unspecified atom stereocenters. The van der Waals surface area contributed by atoms with Crippen LogP contribution in [0.15, 0.2) is 16.9 Å². The van der Waals surface area contributed by atoms with Crippen molar-refractivity contribution in [3.8, 4) is 10.6 Å². The fourth-order valence-corrected chi connectivity index (χ4v) is 2.82. The van der Waals surface area contributed by atoms with Gasteiger partial charge in [-0.15, -0.1) is 10.2 Å². The van der Waals surface area contributed by atoms with E-state index < -0.39 is 0 Å². The number of nitrogens with zero attached hydrogens (tertiary/aromatic N) is 3. The molecule has 0 spiro atoms. The van der Waals surface area contributed by atoms with Crippen molar-refractivity contribution in [2.45, 2.75) is 26.3 Å². The Morgan fingerprint density at radius 3 is 2.71 bits per heavy atom. The second kappa shape index (κ2) is 6.82. The normalized spacial score (nSPS) is 11.1. The number of nitrogens with one attached hydrogen (secondary N) is 1. The van der Waals surface area contributed by atoms with Gasteiger partial charge < -0.3 is 14.6 Å². The van der Waals surface area contributed by atoms with Gasteiger partial charge in [0.1, 0.15) is 0 Å². The van der Waals surface area contributed by atoms with Crippen LogP contribution in [0, 0.1) is 0 Å². The molecule has 0 aliphatic rings. The zero-order chi connectivity index (χ0) is 15.4. The number of ether oxygens (including phenoxy) is 1. The Balaban J connectivity index is 2.50. The summed E-state index contributed by atoms with van der Waals surface area (Å²) in [5.41, 5.74) is 1.53. The second-order valence-corrected chi connectivity index (χ2v) is 5.92. The maximum Gasteiger partial charge on any atom is 0.261 e. The average Bonchev–Trinajstić information content (AvgIpc) is 2.94. The molecule has 2 aromatic heterocycles. The summed E-state index contributed by atoms with van der Waals surface area (Å²) in [6.07, 6.45) is 0. The molecule has 0 saturated carbocycles. The third-order valence-corrected chi connectivity index (χ3v) is 4.16. The van der Waals surface area contributed by atoms with Crippen molar-refractivity contribution in [3.05, 3.63) is 28.2 Å². The van der Waals surface area contributed by atoms with Crippen LogP contribution in [-0.4, -0.2) is 35.5 Å². The van der Waals surface area contributed by atoms with Crippen LogP contribution in [0.25, 0.3) is 10.6 Å². The van der Waals surface area contributed by atoms with Gasteiger partial charge in [0.05, 0.1) is 12.2 Å². The first-order chi connectivity index (χ1) is 10.1. The monoisotopic (exact) mass is 308 g/mol. The molecule has 2 aromatic rings. The lowest BCUT2D eigenvalue weighted by molar-refractivity contribution is 0.185. The van der Waals surface area contributed by atoms with Gasteiger partial charge >= 0.3 is 0 Å². The summed E-state index contributed by atoms with van der Waals surface area (Å²) in [6.45, 7) is 5.18. The fraction of sp³-hybridized carbons (Fsp3) is 0.500. The summed E-state index contributed by atoms with van der Waals surface area (Å²) in [5.74, 6) is 0.269. The van der Waals surface area contributed by atoms with Crippen molar-refractivity contribution >= 4 is 16.5 Å². The Morgan fingerprint density at radius 2 is 2.14 bits per heavy atom. The number of aromatic nitrogens is 3. The lowest BCUT2D eigenvalue weighted by Crippen LogP contribution is -2.27. The molecular formula is C14H20N4O2S. The van der Waals surface area contributed by atoms with Crippen molar-refractivity contribution in [2.24, 2.45) is 0 Å². The van der Waals surface area contributed by atoms with Crippen LogP contribution in [0.3, 0.4) is 0 Å². The highest BCUT2D eigenvalue weighted by Gasteiger charge is 2.15. The molecule has 0 fully saturated rings. The van der Waals surface area contributed by atoms with Gasteiger partial charge in [0.15, 0.2) is 5.01 Å². The first-order valence-electron chi connectivity index (χ1n) is 6.82. The van der Waals surface area contributed by atoms with E-state index in [1.165, 1.54) is 11.3 Å². The van der Waals surface area contributed by atoms with Crippen molar-refractivity contribution in [1.29, 1.82) is 0 Å². The van der Waals surface area contributed by atoms with E-state index in [1.807, 2.05) is 12.1 Å². The number of pyridine rings is 1. The minimum Gasteiger partial charge on any atom is -0.383 e. The van der Waals surface area contributed by atoms with Crippen LogP contribution >= 0.6 is 11.3 Å². The Hall–Kier alpha value is -1.73. The number of methoxy groups -OCH3 is 1. The average molecular weight is 308 g/mol. The molecule has 6 nitrogen and oxygen atoms in total. The lowest BCUT2D eigenvalue weighted by Gasteiger charge is -2.16. The summed E-state index contributed by atoms with van der Waals surface area (Å²) in [4.78, 5) is 12.7. The van der Waals surface area contributed by atoms with E-state index in [0.29, 0.717) is 28.9 Å². The van der Waals surface area contributed by atoms with Crippen molar-refractivity contribution in [3.63, 3.8) is 0 Å². The van der Waals surface area contributed by atoms with E-state index in [4.69, 9.17) is 4.74 Å². The first-order valence-corrected chi connectivity index (χ1v) is 7.64. The summed E-state index contributed by atoms with van der Waals surface area (Å²) in [6, 6.07) is 3.82. The molecule has 0 radical (unpaired) electrons. The Labute approximate surface area is 127 Å². The molecule has 2 heterocycles. The molecule has 0 bridgehead atoms. The predicted molar refractivity (Wildman–Crippen MR) is 85.1 cm³/mol. The van der Waals surface area contributed by atoms with E-state index >= 15 is 0 Å². The standard InChI is InChI=1S/C14H20N4O2S/c1-9(2)11-6-5-10(12-16-17-14(15-3)21-12)13(19)18(11)7-8-20-4/h5-6,9H,7-8H2,1-4H3,(H,15,17). The first kappa shape index (κ1) is 15.7. The van der Waals surface area contributed by atoms with Gasteiger partial charge in [0.2, 0.25) is 5.13 Å². The Bertz CT molecular complexity index is 663. The van der Waals surface area contributed by atoms with E-state index in [2.05, 4.69) is 29.4 Å². The third kappa shape index (κ3) is 3.30. The summed E-state index contributed by atoms with van der Waals surface area (Å²) >= 11 is 1.37. The quantitative estimate of drug-likeness (QED) is 0.886. The molecule has 114 valence electrons. The smallest absolute Gasteiger partial charge is 0.261 e. The highest BCUT2D eigenvalue weighted by Crippen LogP contribution is 2.24. The predicted octanol–water partition coefficient (Wildman–Crippen LogP) is 2.18. The van der Waals surface area contributed by atoms with Gasteiger partial charge in [0.25, 0.3) is 5.56 Å². The Kier molecular flexibility index (Phi) is 5.08. The van der Waals surface area contributed by atoms with Crippen LogP contribution in [0.1, 0.15) is 25.5 Å².